The lowest BCUT2D eigenvalue weighted by Gasteiger charge is -2.37. The Labute approximate surface area is 152 Å². The third-order valence-corrected chi connectivity index (χ3v) is 7.52. The molecular weight excluding hydrogens is 342 g/mol. The van der Waals surface area contributed by atoms with Crippen molar-refractivity contribution in [3.05, 3.63) is 11.1 Å². The maximum absolute atomic E-state index is 12.7. The van der Waals surface area contributed by atoms with Gasteiger partial charge in [0.05, 0.1) is 0 Å². The van der Waals surface area contributed by atoms with Crippen molar-refractivity contribution in [3.8, 4) is 0 Å². The molecule has 7 heteroatoms. The second-order valence-electron chi connectivity index (χ2n) is 6.77. The molecule has 0 spiro atoms. The van der Waals surface area contributed by atoms with Crippen LogP contribution >= 0.6 is 23.1 Å². The van der Waals surface area contributed by atoms with Crippen LogP contribution in [0.25, 0.3) is 0 Å². The number of nitrogens with zero attached hydrogens (tertiary/aromatic N) is 1. The van der Waals surface area contributed by atoms with E-state index in [9.17, 15) is 4.79 Å². The Kier molecular flexibility index (Phi) is 6.18. The van der Waals surface area contributed by atoms with E-state index in [1.807, 2.05) is 18.7 Å². The Morgan fingerprint density at radius 3 is 2.67 bits per heavy atom. The summed E-state index contributed by atoms with van der Waals surface area (Å²) in [6.07, 6.45) is 5.87. The molecule has 1 aromatic heterocycles. The molecule has 0 radical (unpaired) electrons. The van der Waals surface area contributed by atoms with Gasteiger partial charge in [-0.2, -0.15) is 0 Å². The normalized spacial score (nSPS) is 26.9. The highest BCUT2D eigenvalue weighted by atomic mass is 32.2. The molecule has 1 amide bonds. The van der Waals surface area contributed by atoms with Gasteiger partial charge in [-0.1, -0.05) is 11.8 Å². The summed E-state index contributed by atoms with van der Waals surface area (Å²) in [4.78, 5) is 17.3. The van der Waals surface area contributed by atoms with Crippen LogP contribution in [0.4, 0.5) is 0 Å². The molecule has 0 atom stereocenters. The number of hydrogen-bond acceptors (Lipinski definition) is 6. The predicted molar refractivity (Wildman–Crippen MR) is 98.7 cm³/mol. The summed E-state index contributed by atoms with van der Waals surface area (Å²) in [5.41, 5.74) is 0.477. The molecule has 2 N–H and O–H groups in total. The number of hydrogen-bond donors (Lipinski definition) is 2. The molecule has 0 bridgehead atoms. The first-order chi connectivity index (χ1) is 11.6. The lowest BCUT2D eigenvalue weighted by molar-refractivity contribution is -0.147. The number of aromatic nitrogens is 1. The van der Waals surface area contributed by atoms with E-state index in [-0.39, 0.29) is 11.9 Å². The van der Waals surface area contributed by atoms with Crippen molar-refractivity contribution in [3.63, 3.8) is 0 Å². The Balaban J connectivity index is 1.47. The van der Waals surface area contributed by atoms with Crippen molar-refractivity contribution in [2.24, 2.45) is 0 Å². The molecule has 3 rings (SSSR count). The fourth-order valence-electron chi connectivity index (χ4n) is 3.53. The highest BCUT2D eigenvalue weighted by Crippen LogP contribution is 2.35. The van der Waals surface area contributed by atoms with E-state index in [4.69, 9.17) is 4.74 Å². The van der Waals surface area contributed by atoms with Crippen LogP contribution in [0.1, 0.15) is 44.2 Å². The molecule has 2 fully saturated rings. The third kappa shape index (κ3) is 4.31. The van der Waals surface area contributed by atoms with Gasteiger partial charge in [0.25, 0.3) is 5.91 Å². The molecule has 134 valence electrons. The number of thioether (sulfide) groups is 1. The van der Waals surface area contributed by atoms with Gasteiger partial charge in [-0.15, -0.1) is 11.3 Å². The van der Waals surface area contributed by atoms with Gasteiger partial charge in [0.2, 0.25) is 0 Å². The van der Waals surface area contributed by atoms with Crippen molar-refractivity contribution in [2.75, 3.05) is 20.2 Å². The predicted octanol–water partition coefficient (Wildman–Crippen LogP) is 2.74. The number of amides is 1. The molecule has 24 heavy (non-hydrogen) atoms. The zero-order valence-electron chi connectivity index (χ0n) is 14.5. The van der Waals surface area contributed by atoms with E-state index >= 15 is 0 Å². The first-order valence-electron chi connectivity index (χ1n) is 8.77. The minimum Gasteiger partial charge on any atom is -0.368 e. The SMILES string of the molecule is COC1(C(=O)NC2CCC(Sc3nc(C)cs3)CC2)CCNCC1. The minimum absolute atomic E-state index is 0.0816. The molecule has 1 saturated heterocycles. The minimum atomic E-state index is -0.630. The lowest BCUT2D eigenvalue weighted by atomic mass is 9.89. The van der Waals surface area contributed by atoms with Crippen molar-refractivity contribution in [1.82, 2.24) is 15.6 Å². The van der Waals surface area contributed by atoms with Crippen LogP contribution in [-0.2, 0) is 9.53 Å². The zero-order chi connectivity index (χ0) is 17.0. The first kappa shape index (κ1) is 18.2. The van der Waals surface area contributed by atoms with E-state index in [0.717, 1.165) is 57.3 Å². The number of ether oxygens (including phenoxy) is 1. The van der Waals surface area contributed by atoms with Gasteiger partial charge in [-0.05, 0) is 58.5 Å². The smallest absolute Gasteiger partial charge is 0.252 e. The quantitative estimate of drug-likeness (QED) is 0.836. The van der Waals surface area contributed by atoms with Gasteiger partial charge in [0.1, 0.15) is 9.94 Å². The summed E-state index contributed by atoms with van der Waals surface area (Å²) in [6, 6.07) is 0.286. The second-order valence-corrected chi connectivity index (χ2v) is 9.17. The second kappa shape index (κ2) is 8.17. The number of nitrogens with one attached hydrogen (secondary N) is 2. The van der Waals surface area contributed by atoms with Crippen LogP contribution in [0.15, 0.2) is 9.72 Å². The zero-order valence-corrected chi connectivity index (χ0v) is 16.1. The highest BCUT2D eigenvalue weighted by molar-refractivity contribution is 8.01. The van der Waals surface area contributed by atoms with E-state index in [1.165, 1.54) is 4.34 Å². The lowest BCUT2D eigenvalue weighted by Crippen LogP contribution is -2.56. The highest BCUT2D eigenvalue weighted by Gasteiger charge is 2.40. The molecular formula is C17H27N3O2S2. The summed E-state index contributed by atoms with van der Waals surface area (Å²) in [5, 5.41) is 9.28. The van der Waals surface area contributed by atoms with Crippen molar-refractivity contribution in [2.45, 2.75) is 66.7 Å². The van der Waals surface area contributed by atoms with Gasteiger partial charge in [-0.25, -0.2) is 4.98 Å². The molecule has 2 heterocycles. The number of aryl methyl sites for hydroxylation is 1. The molecule has 5 nitrogen and oxygen atoms in total. The number of piperidine rings is 1. The standard InChI is InChI=1S/C17H27N3O2S2/c1-12-11-23-16(19-12)24-14-5-3-13(4-6-14)20-15(21)17(22-2)7-9-18-10-8-17/h11,13-14,18H,3-10H2,1-2H3,(H,20,21). The number of carbonyl (C=O) groups excluding carboxylic acids is 1. The van der Waals surface area contributed by atoms with E-state index < -0.39 is 5.60 Å². The van der Waals surface area contributed by atoms with Crippen LogP contribution in [0.5, 0.6) is 0 Å². The van der Waals surface area contributed by atoms with Crippen molar-refractivity contribution >= 4 is 29.0 Å². The van der Waals surface area contributed by atoms with Crippen LogP contribution in [0.2, 0.25) is 0 Å². The summed E-state index contributed by atoms with van der Waals surface area (Å²) < 4.78 is 6.80. The van der Waals surface area contributed by atoms with Crippen LogP contribution in [0, 0.1) is 6.92 Å². The van der Waals surface area contributed by atoms with Crippen LogP contribution in [-0.4, -0.2) is 48.0 Å². The average molecular weight is 370 g/mol. The van der Waals surface area contributed by atoms with Gasteiger partial charge >= 0.3 is 0 Å². The molecule has 0 unspecified atom stereocenters. The third-order valence-electron chi connectivity index (χ3n) is 5.09. The Morgan fingerprint density at radius 1 is 1.38 bits per heavy atom. The maximum atomic E-state index is 12.7. The van der Waals surface area contributed by atoms with Crippen LogP contribution in [0.3, 0.4) is 0 Å². The monoisotopic (exact) mass is 369 g/mol. The fraction of sp³-hybridized carbons (Fsp3) is 0.765. The molecule has 1 aliphatic heterocycles. The Hall–Kier alpha value is -0.630. The molecule has 0 aromatic carbocycles. The van der Waals surface area contributed by atoms with E-state index in [0.29, 0.717) is 5.25 Å². The Bertz CT molecular complexity index is 550. The van der Waals surface area contributed by atoms with Gasteiger partial charge in [0, 0.05) is 29.5 Å². The van der Waals surface area contributed by atoms with Crippen LogP contribution < -0.4 is 10.6 Å². The number of carbonyl (C=O) groups is 1. The maximum Gasteiger partial charge on any atom is 0.252 e. The van der Waals surface area contributed by atoms with Crippen molar-refractivity contribution in [1.29, 1.82) is 0 Å². The Morgan fingerprint density at radius 2 is 2.08 bits per heavy atom. The largest absolute Gasteiger partial charge is 0.368 e. The summed E-state index contributed by atoms with van der Waals surface area (Å²) in [5.74, 6) is 0.0816. The average Bonchev–Trinajstić information content (AvgIpc) is 3.02. The summed E-state index contributed by atoms with van der Waals surface area (Å²) in [6.45, 7) is 3.73. The molecule has 1 aromatic rings. The summed E-state index contributed by atoms with van der Waals surface area (Å²) in [7, 11) is 1.66. The van der Waals surface area contributed by atoms with E-state index in [1.54, 1.807) is 18.4 Å². The first-order valence-corrected chi connectivity index (χ1v) is 10.5. The van der Waals surface area contributed by atoms with Gasteiger partial charge in [-0.3, -0.25) is 4.79 Å². The van der Waals surface area contributed by atoms with Crippen molar-refractivity contribution < 1.29 is 9.53 Å². The van der Waals surface area contributed by atoms with E-state index in [2.05, 4.69) is 21.0 Å². The summed E-state index contributed by atoms with van der Waals surface area (Å²) >= 11 is 3.64. The molecule has 2 aliphatic rings. The number of rotatable bonds is 5. The number of methoxy groups -OCH3 is 1. The molecule has 1 saturated carbocycles. The molecule has 1 aliphatic carbocycles. The number of thiazole rings is 1. The van der Waals surface area contributed by atoms with Gasteiger partial charge < -0.3 is 15.4 Å². The van der Waals surface area contributed by atoms with Gasteiger partial charge in [0.15, 0.2) is 0 Å². The fourth-order valence-corrected chi connectivity index (χ4v) is 5.81. The topological polar surface area (TPSA) is 63.2 Å².